The summed E-state index contributed by atoms with van der Waals surface area (Å²) in [4.78, 5) is 27.2. The van der Waals surface area contributed by atoms with E-state index in [1.165, 1.54) is 12.1 Å². The summed E-state index contributed by atoms with van der Waals surface area (Å²) in [6, 6.07) is 9.94. The van der Waals surface area contributed by atoms with Crippen molar-refractivity contribution in [2.75, 3.05) is 37.4 Å². The van der Waals surface area contributed by atoms with Gasteiger partial charge in [0, 0.05) is 36.0 Å². The number of carbonyl (C=O) groups excluding carboxylic acids is 2. The molecule has 2 amide bonds. The van der Waals surface area contributed by atoms with Crippen LogP contribution in [0.3, 0.4) is 0 Å². The summed E-state index contributed by atoms with van der Waals surface area (Å²) in [6.45, 7) is 2.01. The number of nitrogens with two attached hydrogens (primary N) is 1. The van der Waals surface area contributed by atoms with Crippen LogP contribution in [-0.2, 0) is 9.39 Å². The Morgan fingerprint density at radius 1 is 1.15 bits per heavy atom. The Morgan fingerprint density at radius 3 is 2.56 bits per heavy atom. The van der Waals surface area contributed by atoms with Crippen LogP contribution in [0.2, 0.25) is 10.0 Å². The zero-order chi connectivity index (χ0) is 27.9. The maximum absolute atomic E-state index is 14.1. The van der Waals surface area contributed by atoms with E-state index < -0.39 is 17.8 Å². The van der Waals surface area contributed by atoms with Crippen LogP contribution in [0.25, 0.3) is 0 Å². The number of benzene rings is 2. The molecule has 0 aliphatic carbocycles. The lowest BCUT2D eigenvalue weighted by atomic mass is 10.1. The lowest BCUT2D eigenvalue weighted by Crippen LogP contribution is -2.40. The van der Waals surface area contributed by atoms with Gasteiger partial charge in [-0.15, -0.1) is 10.2 Å². The van der Waals surface area contributed by atoms with E-state index in [4.69, 9.17) is 46.5 Å². The number of nitrogens with one attached hydrogen (secondary N) is 1. The van der Waals surface area contributed by atoms with Crippen molar-refractivity contribution in [1.29, 1.82) is 0 Å². The summed E-state index contributed by atoms with van der Waals surface area (Å²) in [6.07, 6.45) is 0.835. The Kier molecular flexibility index (Phi) is 9.09. The third-order valence-corrected chi connectivity index (χ3v) is 6.26. The molecule has 3 aromatic rings. The van der Waals surface area contributed by atoms with Gasteiger partial charge in [0.2, 0.25) is 0 Å². The highest BCUT2D eigenvalue weighted by molar-refractivity contribution is 6.36. The maximum Gasteiger partial charge on any atom is 0.392 e. The van der Waals surface area contributed by atoms with E-state index in [2.05, 4.69) is 32.2 Å². The van der Waals surface area contributed by atoms with Gasteiger partial charge in [0.1, 0.15) is 5.82 Å². The van der Waals surface area contributed by atoms with Crippen LogP contribution < -0.4 is 15.8 Å². The van der Waals surface area contributed by atoms with Gasteiger partial charge in [0.25, 0.3) is 11.8 Å². The molecule has 1 fully saturated rings. The van der Waals surface area contributed by atoms with Crippen LogP contribution >= 0.6 is 23.2 Å². The SMILES string of the molecule is [B]OC#CC(Oc1cc(C(=O)Nc2ccc(C(=O)N3CCOCC3)cc2)nnc1N)c1c(Cl)ccc(F)c1Cl. The van der Waals surface area contributed by atoms with E-state index in [-0.39, 0.29) is 38.8 Å². The second kappa shape index (κ2) is 12.7. The number of anilines is 2. The number of ether oxygens (including phenoxy) is 2. The van der Waals surface area contributed by atoms with Crippen LogP contribution in [-0.4, -0.2) is 61.3 Å². The van der Waals surface area contributed by atoms with Gasteiger partial charge < -0.3 is 30.1 Å². The summed E-state index contributed by atoms with van der Waals surface area (Å²) in [5, 5.41) is 9.92. The van der Waals surface area contributed by atoms with E-state index in [0.717, 1.165) is 6.07 Å². The largest absolute Gasteiger partial charge is 0.527 e. The van der Waals surface area contributed by atoms with Gasteiger partial charge in [-0.3, -0.25) is 9.59 Å². The number of amides is 2. The van der Waals surface area contributed by atoms with E-state index in [9.17, 15) is 14.0 Å². The van der Waals surface area contributed by atoms with Crippen molar-refractivity contribution < 1.29 is 28.1 Å². The van der Waals surface area contributed by atoms with Crippen LogP contribution in [0, 0.1) is 17.8 Å². The van der Waals surface area contributed by atoms with Gasteiger partial charge in [-0.25, -0.2) is 4.39 Å². The summed E-state index contributed by atoms with van der Waals surface area (Å²) in [7, 11) is 4.99. The van der Waals surface area contributed by atoms with Gasteiger partial charge in [-0.2, -0.15) is 0 Å². The van der Waals surface area contributed by atoms with Crippen LogP contribution in [0.15, 0.2) is 42.5 Å². The zero-order valence-electron chi connectivity index (χ0n) is 20.1. The lowest BCUT2D eigenvalue weighted by molar-refractivity contribution is 0.0303. The summed E-state index contributed by atoms with van der Waals surface area (Å²) in [5.41, 5.74) is 6.59. The molecular weight excluding hydrogens is 551 g/mol. The molecule has 2 radical (unpaired) electrons. The molecule has 1 aliphatic heterocycles. The number of aromatic nitrogens is 2. The number of rotatable bonds is 6. The lowest BCUT2D eigenvalue weighted by Gasteiger charge is -2.26. The fourth-order valence-electron chi connectivity index (χ4n) is 3.59. The standard InChI is InChI=1S/C25H19BCl2FN5O5/c26-38-10-7-19(21-16(27)5-6-17(29)22(21)28)39-20-13-18(32-33-23(20)30)24(35)31-15-3-1-14(2-4-15)25(36)34-8-11-37-12-9-34/h1-6,13,19H,8-9,11-12H2,(H2,30,33)(H,31,35). The molecule has 1 aliphatic rings. The van der Waals surface area contributed by atoms with Crippen molar-refractivity contribution in [3.63, 3.8) is 0 Å². The molecule has 1 aromatic heterocycles. The zero-order valence-corrected chi connectivity index (χ0v) is 21.6. The normalized spacial score (nSPS) is 13.6. The minimum atomic E-state index is -1.30. The van der Waals surface area contributed by atoms with E-state index >= 15 is 0 Å². The van der Waals surface area contributed by atoms with Gasteiger partial charge in [-0.1, -0.05) is 23.2 Å². The summed E-state index contributed by atoms with van der Waals surface area (Å²) >= 11 is 12.3. The van der Waals surface area contributed by atoms with E-state index in [1.807, 2.05) is 0 Å². The van der Waals surface area contributed by atoms with Crippen molar-refractivity contribution in [3.8, 4) is 17.8 Å². The number of hydrogen-bond donors (Lipinski definition) is 2. The molecule has 0 spiro atoms. The molecule has 0 saturated carbocycles. The summed E-state index contributed by atoms with van der Waals surface area (Å²) in [5.74, 6) is 0.655. The van der Waals surface area contributed by atoms with Crippen molar-refractivity contribution in [3.05, 3.63) is 75.1 Å². The Hall–Kier alpha value is -4.05. The average Bonchev–Trinajstić information content (AvgIpc) is 2.95. The molecule has 39 heavy (non-hydrogen) atoms. The minimum absolute atomic E-state index is 0.0168. The first kappa shape index (κ1) is 28.0. The molecule has 198 valence electrons. The Labute approximate surface area is 234 Å². The second-order valence-electron chi connectivity index (χ2n) is 8.03. The van der Waals surface area contributed by atoms with Crippen LogP contribution in [0.4, 0.5) is 15.9 Å². The molecule has 3 N–H and O–H groups in total. The Morgan fingerprint density at radius 2 is 1.87 bits per heavy atom. The van der Waals surface area contributed by atoms with Gasteiger partial charge in [-0.05, 0) is 42.3 Å². The predicted molar refractivity (Wildman–Crippen MR) is 142 cm³/mol. The molecule has 10 nitrogen and oxygen atoms in total. The first-order valence-corrected chi connectivity index (χ1v) is 12.1. The molecule has 0 bridgehead atoms. The number of carbonyl (C=O) groups is 2. The molecule has 4 rings (SSSR count). The molecule has 14 heteroatoms. The van der Waals surface area contributed by atoms with Gasteiger partial charge in [0.15, 0.2) is 23.4 Å². The van der Waals surface area contributed by atoms with Crippen molar-refractivity contribution in [1.82, 2.24) is 15.1 Å². The molecule has 2 heterocycles. The third kappa shape index (κ3) is 6.70. The van der Waals surface area contributed by atoms with Gasteiger partial charge in [0.05, 0.1) is 29.4 Å². The molecule has 1 unspecified atom stereocenters. The van der Waals surface area contributed by atoms with Crippen LogP contribution in [0.1, 0.15) is 32.5 Å². The Bertz CT molecular complexity index is 1450. The highest BCUT2D eigenvalue weighted by Crippen LogP contribution is 2.36. The average molecular weight is 570 g/mol. The minimum Gasteiger partial charge on any atom is -0.527 e. The van der Waals surface area contributed by atoms with E-state index in [1.54, 1.807) is 29.2 Å². The first-order valence-electron chi connectivity index (χ1n) is 11.4. The Balaban J connectivity index is 1.52. The second-order valence-corrected chi connectivity index (χ2v) is 8.82. The topological polar surface area (TPSA) is 129 Å². The number of hydrogen-bond acceptors (Lipinski definition) is 8. The smallest absolute Gasteiger partial charge is 0.392 e. The van der Waals surface area contributed by atoms with E-state index in [0.29, 0.717) is 37.6 Å². The summed E-state index contributed by atoms with van der Waals surface area (Å²) < 4.78 is 29.5. The van der Waals surface area contributed by atoms with Crippen LogP contribution in [0.5, 0.6) is 5.75 Å². The number of halogens is 3. The maximum atomic E-state index is 14.1. The van der Waals surface area contributed by atoms with Crippen molar-refractivity contribution in [2.45, 2.75) is 6.10 Å². The quantitative estimate of drug-likeness (QED) is 0.262. The predicted octanol–water partition coefficient (Wildman–Crippen LogP) is 3.41. The highest BCUT2D eigenvalue weighted by Gasteiger charge is 2.24. The highest BCUT2D eigenvalue weighted by atomic mass is 35.5. The molecule has 1 atom stereocenters. The van der Waals surface area contributed by atoms with Gasteiger partial charge >= 0.3 is 8.05 Å². The number of nitrogen functional groups attached to an aromatic ring is 1. The fraction of sp³-hybridized carbons (Fsp3) is 0.200. The van der Waals surface area contributed by atoms with Crippen molar-refractivity contribution in [2.24, 2.45) is 0 Å². The monoisotopic (exact) mass is 569 g/mol. The fourth-order valence-corrected chi connectivity index (χ4v) is 4.16. The first-order chi connectivity index (χ1) is 18.8. The molecule has 2 aromatic carbocycles. The number of nitrogens with zero attached hydrogens (tertiary/aromatic N) is 3. The van der Waals surface area contributed by atoms with Crippen molar-refractivity contribution >= 4 is 54.6 Å². The number of morpholine rings is 1. The third-order valence-electron chi connectivity index (χ3n) is 5.54. The molecule has 1 saturated heterocycles. The molecular formula is C25H19BCl2FN5O5.